The Morgan fingerprint density at radius 1 is 1.13 bits per heavy atom. The molecule has 1 rings (SSSR count). The summed E-state index contributed by atoms with van der Waals surface area (Å²) < 4.78 is 0. The minimum absolute atomic E-state index is 0.314. The van der Waals surface area contributed by atoms with Gasteiger partial charge in [-0.3, -0.25) is 0 Å². The highest BCUT2D eigenvalue weighted by Gasteiger charge is 2.02. The number of aliphatic hydroxyl groups excluding tert-OH is 1. The van der Waals surface area contributed by atoms with Gasteiger partial charge in [0.05, 0.1) is 0 Å². The van der Waals surface area contributed by atoms with E-state index in [-0.39, 0.29) is 0 Å². The predicted octanol–water partition coefficient (Wildman–Crippen LogP) is 2.50. The largest absolute Gasteiger partial charge is 0.396 e. The molecule has 1 aromatic rings. The zero-order valence-corrected chi connectivity index (χ0v) is 9.45. The van der Waals surface area contributed by atoms with Crippen LogP contribution >= 0.6 is 0 Å². The van der Waals surface area contributed by atoms with Crippen molar-refractivity contribution in [3.8, 4) is 0 Å². The standard InChI is InChI=1S/C13H21NO/c1-12(13-8-4-2-5-9-13)14-10-6-3-7-11-15/h2,4-5,8-9,12,14-15H,3,6-7,10-11H2,1H3/t12-/m0/s1. The van der Waals surface area contributed by atoms with E-state index in [4.69, 9.17) is 5.11 Å². The summed E-state index contributed by atoms with van der Waals surface area (Å²) in [7, 11) is 0. The second kappa shape index (κ2) is 7.43. The van der Waals surface area contributed by atoms with Gasteiger partial charge in [0.15, 0.2) is 0 Å². The van der Waals surface area contributed by atoms with Gasteiger partial charge in [-0.25, -0.2) is 0 Å². The van der Waals surface area contributed by atoms with Crippen LogP contribution < -0.4 is 5.32 Å². The van der Waals surface area contributed by atoms with E-state index in [0.717, 1.165) is 25.8 Å². The lowest BCUT2D eigenvalue weighted by atomic mass is 10.1. The molecule has 0 saturated heterocycles. The molecule has 0 amide bonds. The van der Waals surface area contributed by atoms with Gasteiger partial charge in [-0.05, 0) is 38.3 Å². The molecule has 0 spiro atoms. The number of nitrogens with one attached hydrogen (secondary N) is 1. The Balaban J connectivity index is 2.16. The second-order valence-corrected chi connectivity index (χ2v) is 3.87. The SMILES string of the molecule is C[C@H](NCCCCCO)c1ccccc1. The molecule has 0 aliphatic rings. The minimum atomic E-state index is 0.314. The number of benzene rings is 1. The molecule has 2 heteroatoms. The van der Waals surface area contributed by atoms with Crippen molar-refractivity contribution < 1.29 is 5.11 Å². The summed E-state index contributed by atoms with van der Waals surface area (Å²) in [6.07, 6.45) is 3.16. The van der Waals surface area contributed by atoms with Gasteiger partial charge in [0, 0.05) is 12.6 Å². The monoisotopic (exact) mass is 207 g/mol. The van der Waals surface area contributed by atoms with Crippen molar-refractivity contribution in [3.63, 3.8) is 0 Å². The number of aliphatic hydroxyl groups is 1. The van der Waals surface area contributed by atoms with Gasteiger partial charge in [-0.1, -0.05) is 30.3 Å². The minimum Gasteiger partial charge on any atom is -0.396 e. The molecule has 0 aliphatic carbocycles. The molecule has 0 aromatic heterocycles. The van der Waals surface area contributed by atoms with Crippen LogP contribution in [0.4, 0.5) is 0 Å². The number of hydrogen-bond acceptors (Lipinski definition) is 2. The molecule has 0 saturated carbocycles. The summed E-state index contributed by atoms with van der Waals surface area (Å²) in [5, 5.41) is 12.1. The van der Waals surface area contributed by atoms with Gasteiger partial charge in [0.25, 0.3) is 0 Å². The van der Waals surface area contributed by atoms with E-state index in [9.17, 15) is 0 Å². The Labute approximate surface area is 92.3 Å². The number of unbranched alkanes of at least 4 members (excludes halogenated alkanes) is 2. The average Bonchev–Trinajstić information content (AvgIpc) is 2.30. The molecule has 2 N–H and O–H groups in total. The Morgan fingerprint density at radius 2 is 1.87 bits per heavy atom. The highest BCUT2D eigenvalue weighted by Crippen LogP contribution is 2.10. The van der Waals surface area contributed by atoms with E-state index in [1.807, 2.05) is 6.07 Å². The molecule has 1 atom stereocenters. The van der Waals surface area contributed by atoms with Crippen LogP contribution in [0.25, 0.3) is 0 Å². The molecule has 2 nitrogen and oxygen atoms in total. The molecule has 0 aliphatic heterocycles. The van der Waals surface area contributed by atoms with Crippen molar-refractivity contribution in [2.24, 2.45) is 0 Å². The normalized spacial score (nSPS) is 12.7. The molecule has 1 aromatic carbocycles. The Hall–Kier alpha value is -0.860. The molecule has 0 heterocycles. The first kappa shape index (κ1) is 12.2. The van der Waals surface area contributed by atoms with Crippen molar-refractivity contribution in [1.82, 2.24) is 5.32 Å². The third-order valence-electron chi connectivity index (χ3n) is 2.58. The summed E-state index contributed by atoms with van der Waals surface area (Å²) >= 11 is 0. The van der Waals surface area contributed by atoms with Crippen molar-refractivity contribution >= 4 is 0 Å². The Kier molecular flexibility index (Phi) is 6.05. The van der Waals surface area contributed by atoms with E-state index in [2.05, 4.69) is 36.5 Å². The van der Waals surface area contributed by atoms with Crippen LogP contribution in [0, 0.1) is 0 Å². The summed E-state index contributed by atoms with van der Waals surface area (Å²) in [6.45, 7) is 3.52. The smallest absolute Gasteiger partial charge is 0.0431 e. The summed E-state index contributed by atoms with van der Waals surface area (Å²) in [5.74, 6) is 0. The number of hydrogen-bond donors (Lipinski definition) is 2. The molecule has 0 unspecified atom stereocenters. The van der Waals surface area contributed by atoms with Crippen LogP contribution in [-0.4, -0.2) is 18.3 Å². The maximum Gasteiger partial charge on any atom is 0.0431 e. The van der Waals surface area contributed by atoms with Crippen LogP contribution in [0.2, 0.25) is 0 Å². The average molecular weight is 207 g/mol. The van der Waals surface area contributed by atoms with Crippen LogP contribution in [0.3, 0.4) is 0 Å². The molecule has 84 valence electrons. The Bertz CT molecular complexity index is 248. The zero-order valence-electron chi connectivity index (χ0n) is 9.45. The summed E-state index contributed by atoms with van der Waals surface area (Å²) in [6, 6.07) is 10.9. The van der Waals surface area contributed by atoms with Crippen LogP contribution in [0.1, 0.15) is 37.8 Å². The zero-order chi connectivity index (χ0) is 10.9. The van der Waals surface area contributed by atoms with E-state index in [1.54, 1.807) is 0 Å². The maximum absolute atomic E-state index is 8.63. The van der Waals surface area contributed by atoms with Crippen molar-refractivity contribution in [3.05, 3.63) is 35.9 Å². The molecular formula is C13H21NO. The molecular weight excluding hydrogens is 186 g/mol. The van der Waals surface area contributed by atoms with Gasteiger partial charge in [-0.2, -0.15) is 0 Å². The highest BCUT2D eigenvalue weighted by atomic mass is 16.2. The first-order valence-corrected chi connectivity index (χ1v) is 5.74. The van der Waals surface area contributed by atoms with Gasteiger partial charge in [0.2, 0.25) is 0 Å². The molecule has 15 heavy (non-hydrogen) atoms. The fraction of sp³-hybridized carbons (Fsp3) is 0.538. The van der Waals surface area contributed by atoms with Gasteiger partial charge < -0.3 is 10.4 Å². The van der Waals surface area contributed by atoms with Crippen molar-refractivity contribution in [1.29, 1.82) is 0 Å². The fourth-order valence-corrected chi connectivity index (χ4v) is 1.59. The summed E-state index contributed by atoms with van der Waals surface area (Å²) in [4.78, 5) is 0. The van der Waals surface area contributed by atoms with E-state index >= 15 is 0 Å². The lowest BCUT2D eigenvalue weighted by Gasteiger charge is -2.13. The third-order valence-corrected chi connectivity index (χ3v) is 2.58. The predicted molar refractivity (Wildman–Crippen MR) is 63.8 cm³/mol. The fourth-order valence-electron chi connectivity index (χ4n) is 1.59. The van der Waals surface area contributed by atoms with E-state index < -0.39 is 0 Å². The third kappa shape index (κ3) is 4.96. The maximum atomic E-state index is 8.63. The first-order chi connectivity index (χ1) is 7.34. The number of rotatable bonds is 7. The first-order valence-electron chi connectivity index (χ1n) is 5.74. The Morgan fingerprint density at radius 3 is 2.53 bits per heavy atom. The quantitative estimate of drug-likeness (QED) is 0.673. The van der Waals surface area contributed by atoms with Crippen LogP contribution in [0.5, 0.6) is 0 Å². The lowest BCUT2D eigenvalue weighted by Crippen LogP contribution is -2.19. The van der Waals surface area contributed by atoms with Crippen LogP contribution in [0.15, 0.2) is 30.3 Å². The second-order valence-electron chi connectivity index (χ2n) is 3.87. The molecule has 0 fully saturated rings. The highest BCUT2D eigenvalue weighted by molar-refractivity contribution is 5.17. The molecule has 0 bridgehead atoms. The van der Waals surface area contributed by atoms with Gasteiger partial charge in [0.1, 0.15) is 0 Å². The summed E-state index contributed by atoms with van der Waals surface area (Å²) in [5.41, 5.74) is 1.33. The van der Waals surface area contributed by atoms with E-state index in [1.165, 1.54) is 5.56 Å². The van der Waals surface area contributed by atoms with Crippen LogP contribution in [-0.2, 0) is 0 Å². The van der Waals surface area contributed by atoms with Gasteiger partial charge in [-0.15, -0.1) is 0 Å². The van der Waals surface area contributed by atoms with Crippen molar-refractivity contribution in [2.75, 3.05) is 13.2 Å². The van der Waals surface area contributed by atoms with Gasteiger partial charge >= 0.3 is 0 Å². The topological polar surface area (TPSA) is 32.3 Å². The molecule has 0 radical (unpaired) electrons. The van der Waals surface area contributed by atoms with Crippen molar-refractivity contribution in [2.45, 2.75) is 32.2 Å². The van der Waals surface area contributed by atoms with E-state index in [0.29, 0.717) is 12.6 Å². The lowest BCUT2D eigenvalue weighted by molar-refractivity contribution is 0.282.